The molecule has 1 aromatic carbocycles. The summed E-state index contributed by atoms with van der Waals surface area (Å²) in [6.45, 7) is -0.00680. The van der Waals surface area contributed by atoms with Gasteiger partial charge in [-0.3, -0.25) is 0 Å². The fraction of sp³-hybridized carbons (Fsp3) is 0.333. The fourth-order valence-corrected chi connectivity index (χ4v) is 3.08. The first-order chi connectivity index (χ1) is 7.41. The van der Waals surface area contributed by atoms with Crippen molar-refractivity contribution in [2.75, 3.05) is 18.8 Å². The molecule has 0 radical (unpaired) electrons. The molecule has 1 aliphatic rings. The Hall–Kier alpha value is -1.18. The molecule has 88 valence electrons. The highest BCUT2D eigenvalue weighted by atomic mass is 32.2. The third-order valence-corrected chi connectivity index (χ3v) is 4.25. The van der Waals surface area contributed by atoms with Crippen LogP contribution in [0, 0.1) is 5.82 Å². The van der Waals surface area contributed by atoms with Crippen LogP contribution in [-0.4, -0.2) is 37.0 Å². The smallest absolute Gasteiger partial charge is 0.246 e. The molecule has 0 bridgehead atoms. The van der Waals surface area contributed by atoms with E-state index in [1.807, 2.05) is 0 Å². The number of nitrogens with zero attached hydrogens (tertiary/aromatic N) is 1. The number of anilines is 1. The molecule has 0 spiro atoms. The number of hydrogen-bond acceptors (Lipinski definition) is 4. The van der Waals surface area contributed by atoms with Crippen LogP contribution in [0.25, 0.3) is 0 Å². The zero-order valence-corrected chi connectivity index (χ0v) is 9.11. The summed E-state index contributed by atoms with van der Waals surface area (Å²) in [6, 6.07) is 3.38. The highest BCUT2D eigenvalue weighted by Gasteiger charge is 2.37. The first-order valence-electron chi connectivity index (χ1n) is 4.64. The minimum atomic E-state index is -3.87. The maximum Gasteiger partial charge on any atom is 0.246 e. The van der Waals surface area contributed by atoms with E-state index in [2.05, 4.69) is 0 Å². The maximum atomic E-state index is 13.4. The van der Waals surface area contributed by atoms with Gasteiger partial charge in [0.05, 0.1) is 6.10 Å². The maximum absolute atomic E-state index is 13.4. The van der Waals surface area contributed by atoms with E-state index in [0.717, 1.165) is 16.4 Å². The highest BCUT2D eigenvalue weighted by Crippen LogP contribution is 2.25. The lowest BCUT2D eigenvalue weighted by molar-refractivity contribution is 0.0546. The van der Waals surface area contributed by atoms with Crippen molar-refractivity contribution < 1.29 is 17.9 Å². The van der Waals surface area contributed by atoms with E-state index in [-0.39, 0.29) is 18.8 Å². The van der Waals surface area contributed by atoms with E-state index >= 15 is 0 Å². The van der Waals surface area contributed by atoms with E-state index < -0.39 is 26.8 Å². The number of benzene rings is 1. The van der Waals surface area contributed by atoms with Crippen molar-refractivity contribution in [1.29, 1.82) is 0 Å². The Labute approximate surface area is 92.3 Å². The predicted octanol–water partition coefficient (Wildman–Crippen LogP) is -0.227. The number of nitrogen functional groups attached to an aromatic ring is 1. The van der Waals surface area contributed by atoms with Crippen LogP contribution in [0.5, 0.6) is 0 Å². The van der Waals surface area contributed by atoms with Crippen LogP contribution >= 0.6 is 0 Å². The molecule has 0 unspecified atom stereocenters. The monoisotopic (exact) mass is 246 g/mol. The molecule has 1 aromatic rings. The summed E-state index contributed by atoms with van der Waals surface area (Å²) >= 11 is 0. The molecule has 1 aliphatic heterocycles. The van der Waals surface area contributed by atoms with E-state index in [1.165, 1.54) is 6.07 Å². The molecule has 0 aromatic heterocycles. The van der Waals surface area contributed by atoms with Gasteiger partial charge in [0.15, 0.2) is 0 Å². The lowest BCUT2D eigenvalue weighted by Crippen LogP contribution is -2.53. The van der Waals surface area contributed by atoms with E-state index in [1.54, 1.807) is 0 Å². The number of hydrogen-bond donors (Lipinski definition) is 2. The van der Waals surface area contributed by atoms with Gasteiger partial charge in [0.1, 0.15) is 10.7 Å². The number of aliphatic hydroxyl groups is 1. The molecule has 2 rings (SSSR count). The zero-order chi connectivity index (χ0) is 11.9. The van der Waals surface area contributed by atoms with Gasteiger partial charge < -0.3 is 10.8 Å². The zero-order valence-electron chi connectivity index (χ0n) is 8.30. The molecule has 1 saturated heterocycles. The van der Waals surface area contributed by atoms with Crippen molar-refractivity contribution in [3.05, 3.63) is 24.0 Å². The van der Waals surface area contributed by atoms with Crippen LogP contribution in [-0.2, 0) is 10.0 Å². The Bertz CT molecular complexity index is 511. The summed E-state index contributed by atoms with van der Waals surface area (Å²) in [5, 5.41) is 9.03. The highest BCUT2D eigenvalue weighted by molar-refractivity contribution is 7.89. The number of β-amino-alcohol motifs (C(OH)–C–C–N with tert-alkyl or cyclic N) is 1. The van der Waals surface area contributed by atoms with Gasteiger partial charge in [0.2, 0.25) is 10.0 Å². The molecule has 16 heavy (non-hydrogen) atoms. The first kappa shape index (κ1) is 11.3. The summed E-state index contributed by atoms with van der Waals surface area (Å²) in [5.74, 6) is -0.837. The average Bonchev–Trinajstić information content (AvgIpc) is 2.16. The minimum absolute atomic E-state index is 0.00340. The van der Waals surface area contributed by atoms with Crippen LogP contribution in [0.15, 0.2) is 23.1 Å². The van der Waals surface area contributed by atoms with Crippen LogP contribution in [0.1, 0.15) is 0 Å². The fourth-order valence-electron chi connectivity index (χ4n) is 1.47. The number of sulfonamides is 1. The first-order valence-corrected chi connectivity index (χ1v) is 6.08. The summed E-state index contributed by atoms with van der Waals surface area (Å²) in [6.07, 6.45) is -0.668. The van der Waals surface area contributed by atoms with Crippen molar-refractivity contribution >= 4 is 15.7 Å². The summed E-state index contributed by atoms with van der Waals surface area (Å²) < 4.78 is 38.1. The van der Waals surface area contributed by atoms with Crippen molar-refractivity contribution in [1.82, 2.24) is 4.31 Å². The van der Waals surface area contributed by atoms with Crippen molar-refractivity contribution in [2.45, 2.75) is 11.0 Å². The van der Waals surface area contributed by atoms with Crippen LogP contribution < -0.4 is 5.73 Å². The molecular formula is C9H11FN2O3S. The van der Waals surface area contributed by atoms with Gasteiger partial charge in [-0.05, 0) is 18.2 Å². The lowest BCUT2D eigenvalue weighted by atomic mass is 10.2. The topological polar surface area (TPSA) is 83.6 Å². The lowest BCUT2D eigenvalue weighted by Gasteiger charge is -2.34. The van der Waals surface area contributed by atoms with Crippen LogP contribution in [0.4, 0.5) is 10.1 Å². The third kappa shape index (κ3) is 1.77. The van der Waals surface area contributed by atoms with E-state index in [0.29, 0.717) is 0 Å². The largest absolute Gasteiger partial charge is 0.399 e. The number of nitrogens with two attached hydrogens (primary N) is 1. The van der Waals surface area contributed by atoms with Crippen molar-refractivity contribution in [2.24, 2.45) is 0 Å². The normalized spacial score (nSPS) is 18.4. The summed E-state index contributed by atoms with van der Waals surface area (Å²) in [5.41, 5.74) is 5.59. The van der Waals surface area contributed by atoms with Gasteiger partial charge in [-0.2, -0.15) is 4.31 Å². The molecule has 7 heteroatoms. The molecule has 5 nitrogen and oxygen atoms in total. The van der Waals surface area contributed by atoms with Crippen molar-refractivity contribution in [3.63, 3.8) is 0 Å². The Kier molecular flexibility index (Phi) is 2.61. The van der Waals surface area contributed by atoms with Crippen molar-refractivity contribution in [3.8, 4) is 0 Å². The molecule has 0 atom stereocenters. The van der Waals surface area contributed by atoms with Gasteiger partial charge in [-0.15, -0.1) is 0 Å². The number of halogens is 1. The van der Waals surface area contributed by atoms with Gasteiger partial charge in [-0.1, -0.05) is 0 Å². The van der Waals surface area contributed by atoms with E-state index in [9.17, 15) is 12.8 Å². The molecule has 1 fully saturated rings. The molecule has 3 N–H and O–H groups in total. The molecular weight excluding hydrogens is 235 g/mol. The van der Waals surface area contributed by atoms with Crippen LogP contribution in [0.2, 0.25) is 0 Å². The van der Waals surface area contributed by atoms with Gasteiger partial charge >= 0.3 is 0 Å². The second-order valence-corrected chi connectivity index (χ2v) is 5.57. The SMILES string of the molecule is Nc1ccc(F)c(S(=O)(=O)N2CC(O)C2)c1. The second-order valence-electron chi connectivity index (χ2n) is 3.67. The number of aliphatic hydroxyl groups excluding tert-OH is 1. The average molecular weight is 246 g/mol. The molecule has 0 aliphatic carbocycles. The van der Waals surface area contributed by atoms with Gasteiger partial charge in [0, 0.05) is 18.8 Å². The Morgan fingerprint density at radius 2 is 2.06 bits per heavy atom. The van der Waals surface area contributed by atoms with Crippen LogP contribution in [0.3, 0.4) is 0 Å². The number of rotatable bonds is 2. The molecule has 0 amide bonds. The molecule has 0 saturated carbocycles. The summed E-state index contributed by atoms with van der Waals surface area (Å²) in [7, 11) is -3.87. The molecule has 1 heterocycles. The Morgan fingerprint density at radius 3 is 2.62 bits per heavy atom. The summed E-state index contributed by atoms with van der Waals surface area (Å²) in [4.78, 5) is -0.445. The quantitative estimate of drug-likeness (QED) is 0.706. The second kappa shape index (κ2) is 3.69. The standard InChI is InChI=1S/C9H11FN2O3S/c10-8-2-1-6(11)3-9(8)16(14,15)12-4-7(13)5-12/h1-3,7,13H,4-5,11H2. The third-order valence-electron chi connectivity index (χ3n) is 2.40. The Balaban J connectivity index is 2.40. The van der Waals surface area contributed by atoms with Gasteiger partial charge in [0.25, 0.3) is 0 Å². The van der Waals surface area contributed by atoms with Gasteiger partial charge in [-0.25, -0.2) is 12.8 Å². The predicted molar refractivity (Wildman–Crippen MR) is 55.6 cm³/mol. The minimum Gasteiger partial charge on any atom is -0.399 e. The Morgan fingerprint density at radius 1 is 1.44 bits per heavy atom. The van der Waals surface area contributed by atoms with E-state index in [4.69, 9.17) is 10.8 Å².